The first kappa shape index (κ1) is 14.5. The Hall–Kier alpha value is -2.80. The molecule has 0 atom stereocenters. The molecule has 0 N–H and O–H groups in total. The first-order valence-electron chi connectivity index (χ1n) is 8.26. The van der Waals surface area contributed by atoms with Gasteiger partial charge >= 0.3 is 0 Å². The Balaban J connectivity index is 1.37. The maximum atomic E-state index is 4.53. The van der Waals surface area contributed by atoms with Gasteiger partial charge in [0.2, 0.25) is 0 Å². The predicted octanol–water partition coefficient (Wildman–Crippen LogP) is 2.96. The average molecular weight is 348 g/mol. The molecule has 3 aromatic heterocycles. The van der Waals surface area contributed by atoms with E-state index in [1.807, 2.05) is 6.20 Å². The molecule has 4 aromatic rings. The standard InChI is InChI=1S/C18H16N6S/c1-2-15-13(10-19-11-20-15)9-14(1)23-4-6-24(7-5-23)18-17-16(3-8-25-17)21-12-22-18/h1-3,8-12H,4-7H2. The zero-order valence-corrected chi connectivity index (χ0v) is 14.4. The second kappa shape index (κ2) is 5.93. The van der Waals surface area contributed by atoms with Gasteiger partial charge < -0.3 is 9.80 Å². The molecule has 7 heteroatoms. The Morgan fingerprint density at radius 2 is 1.68 bits per heavy atom. The van der Waals surface area contributed by atoms with E-state index in [0.717, 1.165) is 48.4 Å². The average Bonchev–Trinajstić information content (AvgIpc) is 3.17. The van der Waals surface area contributed by atoms with Crippen LogP contribution in [0.2, 0.25) is 0 Å². The van der Waals surface area contributed by atoms with E-state index in [0.29, 0.717) is 0 Å². The summed E-state index contributed by atoms with van der Waals surface area (Å²) in [4.78, 5) is 22.1. The van der Waals surface area contributed by atoms with Crippen LogP contribution in [0.4, 0.5) is 11.5 Å². The van der Waals surface area contributed by atoms with Crippen molar-refractivity contribution in [3.63, 3.8) is 0 Å². The summed E-state index contributed by atoms with van der Waals surface area (Å²) in [5, 5.41) is 3.16. The van der Waals surface area contributed by atoms with Gasteiger partial charge in [0, 0.05) is 43.4 Å². The van der Waals surface area contributed by atoms with Gasteiger partial charge in [0.25, 0.3) is 0 Å². The van der Waals surface area contributed by atoms with Crippen LogP contribution >= 0.6 is 11.3 Å². The number of rotatable bonds is 2. The number of fused-ring (bicyclic) bond motifs is 2. The highest BCUT2D eigenvalue weighted by Crippen LogP contribution is 2.29. The smallest absolute Gasteiger partial charge is 0.150 e. The fourth-order valence-corrected chi connectivity index (χ4v) is 4.21. The van der Waals surface area contributed by atoms with Crippen molar-refractivity contribution in [2.45, 2.75) is 0 Å². The summed E-state index contributed by atoms with van der Waals surface area (Å²) < 4.78 is 1.18. The van der Waals surface area contributed by atoms with Crippen molar-refractivity contribution >= 4 is 44.0 Å². The third kappa shape index (κ3) is 2.56. The summed E-state index contributed by atoms with van der Waals surface area (Å²) in [6.45, 7) is 3.84. The molecule has 1 aliphatic heterocycles. The molecule has 1 fully saturated rings. The third-order valence-corrected chi connectivity index (χ3v) is 5.56. The number of hydrogen-bond donors (Lipinski definition) is 0. The Bertz CT molecular complexity index is 1040. The molecule has 4 heterocycles. The molecule has 5 rings (SSSR count). The minimum Gasteiger partial charge on any atom is -0.368 e. The van der Waals surface area contributed by atoms with Crippen LogP contribution < -0.4 is 9.80 Å². The highest BCUT2D eigenvalue weighted by molar-refractivity contribution is 7.17. The summed E-state index contributed by atoms with van der Waals surface area (Å²) in [6.07, 6.45) is 5.13. The monoisotopic (exact) mass is 348 g/mol. The Kier molecular flexibility index (Phi) is 3.45. The lowest BCUT2D eigenvalue weighted by Crippen LogP contribution is -2.46. The van der Waals surface area contributed by atoms with Gasteiger partial charge in [-0.15, -0.1) is 11.3 Å². The molecule has 0 amide bonds. The molecule has 25 heavy (non-hydrogen) atoms. The molecule has 1 saturated heterocycles. The SMILES string of the molecule is c1ncc2cc(N3CCN(c4ncnc5ccsc45)CC3)ccc2n1. The lowest BCUT2D eigenvalue weighted by Gasteiger charge is -2.36. The van der Waals surface area contributed by atoms with E-state index in [2.05, 4.69) is 59.4 Å². The molecule has 0 spiro atoms. The molecule has 1 aromatic carbocycles. The van der Waals surface area contributed by atoms with Crippen molar-refractivity contribution in [3.8, 4) is 0 Å². The predicted molar refractivity (Wildman–Crippen MR) is 101 cm³/mol. The second-order valence-corrected chi connectivity index (χ2v) is 6.99. The van der Waals surface area contributed by atoms with Crippen LogP contribution in [0.1, 0.15) is 0 Å². The van der Waals surface area contributed by atoms with E-state index < -0.39 is 0 Å². The molecule has 0 aliphatic carbocycles. The quantitative estimate of drug-likeness (QED) is 0.555. The number of nitrogens with zero attached hydrogens (tertiary/aromatic N) is 6. The largest absolute Gasteiger partial charge is 0.368 e. The lowest BCUT2D eigenvalue weighted by atomic mass is 10.2. The Labute approximate surface area is 148 Å². The lowest BCUT2D eigenvalue weighted by molar-refractivity contribution is 0.649. The number of anilines is 2. The summed E-state index contributed by atoms with van der Waals surface area (Å²) in [7, 11) is 0. The van der Waals surface area contributed by atoms with E-state index in [-0.39, 0.29) is 0 Å². The number of thiophene rings is 1. The van der Waals surface area contributed by atoms with Gasteiger partial charge in [-0.05, 0) is 29.6 Å². The molecular weight excluding hydrogens is 332 g/mol. The summed E-state index contributed by atoms with van der Waals surface area (Å²) in [5.41, 5.74) is 3.25. The second-order valence-electron chi connectivity index (χ2n) is 6.07. The van der Waals surface area contributed by atoms with Crippen molar-refractivity contribution in [1.82, 2.24) is 19.9 Å². The van der Waals surface area contributed by atoms with Crippen LogP contribution in [-0.2, 0) is 0 Å². The van der Waals surface area contributed by atoms with Gasteiger partial charge in [-0.2, -0.15) is 0 Å². The van der Waals surface area contributed by atoms with Crippen LogP contribution in [0.25, 0.3) is 21.1 Å². The minimum absolute atomic E-state index is 0.952. The maximum Gasteiger partial charge on any atom is 0.150 e. The van der Waals surface area contributed by atoms with Crippen LogP contribution in [0, 0.1) is 0 Å². The molecule has 0 radical (unpaired) electrons. The molecular formula is C18H16N6S. The van der Waals surface area contributed by atoms with Gasteiger partial charge in [0.05, 0.1) is 15.7 Å². The highest BCUT2D eigenvalue weighted by Gasteiger charge is 2.20. The topological polar surface area (TPSA) is 58.0 Å². The fraction of sp³-hybridized carbons (Fsp3) is 0.222. The zero-order chi connectivity index (χ0) is 16.6. The van der Waals surface area contributed by atoms with Gasteiger partial charge in [0.15, 0.2) is 0 Å². The van der Waals surface area contributed by atoms with Crippen molar-refractivity contribution < 1.29 is 0 Å². The number of aromatic nitrogens is 4. The van der Waals surface area contributed by atoms with E-state index in [1.54, 1.807) is 24.0 Å². The summed E-state index contributed by atoms with van der Waals surface area (Å²) >= 11 is 1.71. The normalized spacial score (nSPS) is 15.2. The molecule has 6 nitrogen and oxygen atoms in total. The van der Waals surface area contributed by atoms with Crippen LogP contribution in [0.15, 0.2) is 48.5 Å². The van der Waals surface area contributed by atoms with Gasteiger partial charge in [-0.25, -0.2) is 19.9 Å². The van der Waals surface area contributed by atoms with E-state index in [4.69, 9.17) is 0 Å². The van der Waals surface area contributed by atoms with Gasteiger partial charge in [0.1, 0.15) is 18.5 Å². The number of piperazine rings is 1. The van der Waals surface area contributed by atoms with E-state index >= 15 is 0 Å². The maximum absolute atomic E-state index is 4.53. The highest BCUT2D eigenvalue weighted by atomic mass is 32.1. The van der Waals surface area contributed by atoms with Gasteiger partial charge in [-0.3, -0.25) is 0 Å². The van der Waals surface area contributed by atoms with Crippen LogP contribution in [0.3, 0.4) is 0 Å². The molecule has 0 unspecified atom stereocenters. The molecule has 0 saturated carbocycles. The van der Waals surface area contributed by atoms with E-state index in [9.17, 15) is 0 Å². The van der Waals surface area contributed by atoms with Crippen molar-refractivity contribution in [2.75, 3.05) is 36.0 Å². The Morgan fingerprint density at radius 1 is 0.840 bits per heavy atom. The summed E-state index contributed by atoms with van der Waals surface area (Å²) in [5.74, 6) is 1.06. The van der Waals surface area contributed by atoms with Crippen molar-refractivity contribution in [2.24, 2.45) is 0 Å². The molecule has 0 bridgehead atoms. The first-order valence-corrected chi connectivity index (χ1v) is 9.14. The Morgan fingerprint density at radius 3 is 2.60 bits per heavy atom. The number of benzene rings is 1. The van der Waals surface area contributed by atoms with Crippen molar-refractivity contribution in [3.05, 3.63) is 48.5 Å². The van der Waals surface area contributed by atoms with Crippen LogP contribution in [-0.4, -0.2) is 46.1 Å². The first-order chi connectivity index (χ1) is 12.4. The fourth-order valence-electron chi connectivity index (χ4n) is 3.35. The van der Waals surface area contributed by atoms with Crippen LogP contribution in [0.5, 0.6) is 0 Å². The number of hydrogen-bond acceptors (Lipinski definition) is 7. The molecule has 1 aliphatic rings. The zero-order valence-electron chi connectivity index (χ0n) is 13.5. The van der Waals surface area contributed by atoms with E-state index in [1.165, 1.54) is 10.4 Å². The van der Waals surface area contributed by atoms with Crippen molar-refractivity contribution in [1.29, 1.82) is 0 Å². The third-order valence-electron chi connectivity index (χ3n) is 4.66. The minimum atomic E-state index is 0.952. The van der Waals surface area contributed by atoms with Gasteiger partial charge in [-0.1, -0.05) is 0 Å². The molecule has 124 valence electrons. The summed E-state index contributed by atoms with van der Waals surface area (Å²) in [6, 6.07) is 8.44.